The van der Waals surface area contributed by atoms with Crippen molar-refractivity contribution in [3.8, 4) is 23.0 Å². The van der Waals surface area contributed by atoms with E-state index in [1.54, 1.807) is 24.3 Å². The molecule has 0 N–H and O–H groups in total. The second-order valence-electron chi connectivity index (χ2n) is 5.86. The Kier molecular flexibility index (Phi) is 5.88. The summed E-state index contributed by atoms with van der Waals surface area (Å²) in [5.74, 6) is 4.95. The van der Waals surface area contributed by atoms with Crippen LogP contribution in [0.2, 0.25) is 0 Å². The van der Waals surface area contributed by atoms with Gasteiger partial charge in [0.05, 0.1) is 5.16 Å². The van der Waals surface area contributed by atoms with E-state index in [1.807, 2.05) is 17.3 Å². The highest BCUT2D eigenvalue weighted by Crippen LogP contribution is 2.29. The SMILES string of the molecule is CCc1ccc(C#Cc2ccc(-c3cc(F)c(N=C=S)cc3F)cc2)cc1. The summed E-state index contributed by atoms with van der Waals surface area (Å²) in [6.45, 7) is 2.11. The Morgan fingerprint density at radius 2 is 1.44 bits per heavy atom. The molecule has 3 aromatic rings. The lowest BCUT2D eigenvalue weighted by molar-refractivity contribution is 0.605. The van der Waals surface area contributed by atoms with Gasteiger partial charge in [0, 0.05) is 22.8 Å². The van der Waals surface area contributed by atoms with Crippen LogP contribution < -0.4 is 0 Å². The van der Waals surface area contributed by atoms with Crippen LogP contribution in [-0.2, 0) is 6.42 Å². The maximum Gasteiger partial charge on any atom is 0.150 e. The van der Waals surface area contributed by atoms with Crippen LogP contribution in [0.3, 0.4) is 0 Å². The lowest BCUT2D eigenvalue weighted by Crippen LogP contribution is -1.88. The predicted molar refractivity (Wildman–Crippen MR) is 108 cm³/mol. The first-order valence-electron chi connectivity index (χ1n) is 8.39. The third kappa shape index (κ3) is 4.54. The highest BCUT2D eigenvalue weighted by atomic mass is 32.1. The van der Waals surface area contributed by atoms with Gasteiger partial charge in [0.1, 0.15) is 17.3 Å². The van der Waals surface area contributed by atoms with Gasteiger partial charge in [0.15, 0.2) is 0 Å². The fraction of sp³-hybridized carbons (Fsp3) is 0.0870. The second-order valence-corrected chi connectivity index (χ2v) is 6.05. The van der Waals surface area contributed by atoms with Crippen LogP contribution in [0.25, 0.3) is 11.1 Å². The maximum absolute atomic E-state index is 14.3. The third-order valence-corrected chi connectivity index (χ3v) is 4.20. The van der Waals surface area contributed by atoms with Crippen molar-refractivity contribution >= 4 is 23.1 Å². The second kappa shape index (κ2) is 8.51. The van der Waals surface area contributed by atoms with E-state index >= 15 is 0 Å². The fourth-order valence-corrected chi connectivity index (χ4v) is 2.69. The first kappa shape index (κ1) is 18.7. The largest absolute Gasteiger partial charge is 0.206 e. The predicted octanol–water partition coefficient (Wildman–Crippen LogP) is 6.33. The molecule has 3 aromatic carbocycles. The molecule has 0 heterocycles. The van der Waals surface area contributed by atoms with Crippen LogP contribution in [0.15, 0.2) is 65.7 Å². The monoisotopic (exact) mass is 375 g/mol. The summed E-state index contributed by atoms with van der Waals surface area (Å²) in [5.41, 5.74) is 3.54. The van der Waals surface area contributed by atoms with Gasteiger partial charge in [-0.3, -0.25) is 0 Å². The number of aryl methyl sites for hydroxylation is 1. The number of hydrogen-bond donors (Lipinski definition) is 0. The molecule has 132 valence electrons. The summed E-state index contributed by atoms with van der Waals surface area (Å²) < 4.78 is 28.2. The van der Waals surface area contributed by atoms with E-state index in [1.165, 1.54) is 5.56 Å². The molecule has 0 radical (unpaired) electrons. The van der Waals surface area contributed by atoms with Crippen molar-refractivity contribution in [1.29, 1.82) is 0 Å². The molecule has 0 saturated heterocycles. The number of rotatable bonds is 3. The van der Waals surface area contributed by atoms with Crippen molar-refractivity contribution in [2.75, 3.05) is 0 Å². The molecule has 3 rings (SSSR count). The Bertz CT molecular complexity index is 1070. The summed E-state index contributed by atoms with van der Waals surface area (Å²) in [6, 6.07) is 17.2. The number of hydrogen-bond acceptors (Lipinski definition) is 2. The van der Waals surface area contributed by atoms with Crippen LogP contribution in [-0.4, -0.2) is 5.16 Å². The van der Waals surface area contributed by atoms with E-state index in [2.05, 4.69) is 48.1 Å². The van der Waals surface area contributed by atoms with E-state index in [4.69, 9.17) is 0 Å². The van der Waals surface area contributed by atoms with Gasteiger partial charge >= 0.3 is 0 Å². The first-order chi connectivity index (χ1) is 13.1. The van der Waals surface area contributed by atoms with Gasteiger partial charge in [-0.1, -0.05) is 43.0 Å². The van der Waals surface area contributed by atoms with Crippen molar-refractivity contribution in [2.45, 2.75) is 13.3 Å². The summed E-state index contributed by atoms with van der Waals surface area (Å²) in [4.78, 5) is 3.51. The molecule has 0 fully saturated rings. The first-order valence-corrected chi connectivity index (χ1v) is 8.80. The van der Waals surface area contributed by atoms with E-state index in [0.717, 1.165) is 29.7 Å². The molecule has 4 heteroatoms. The topological polar surface area (TPSA) is 12.4 Å². The zero-order valence-corrected chi connectivity index (χ0v) is 15.4. The molecule has 0 amide bonds. The van der Waals surface area contributed by atoms with Crippen molar-refractivity contribution in [3.05, 3.63) is 89.0 Å². The zero-order valence-electron chi connectivity index (χ0n) is 14.6. The molecular weight excluding hydrogens is 360 g/mol. The fourth-order valence-electron chi connectivity index (χ4n) is 2.59. The molecule has 0 aromatic heterocycles. The minimum Gasteiger partial charge on any atom is -0.206 e. The van der Waals surface area contributed by atoms with Gasteiger partial charge in [0.25, 0.3) is 0 Å². The number of benzene rings is 3. The average Bonchev–Trinajstić information content (AvgIpc) is 2.70. The molecule has 0 atom stereocenters. The van der Waals surface area contributed by atoms with Gasteiger partial charge in [-0.15, -0.1) is 0 Å². The van der Waals surface area contributed by atoms with Crippen molar-refractivity contribution in [2.24, 2.45) is 4.99 Å². The Balaban J connectivity index is 1.84. The van der Waals surface area contributed by atoms with Crippen LogP contribution in [0, 0.1) is 23.5 Å². The molecule has 0 unspecified atom stereocenters. The van der Waals surface area contributed by atoms with E-state index in [-0.39, 0.29) is 11.3 Å². The van der Waals surface area contributed by atoms with Gasteiger partial charge in [-0.2, -0.15) is 4.99 Å². The smallest absolute Gasteiger partial charge is 0.150 e. The van der Waals surface area contributed by atoms with Gasteiger partial charge in [0.2, 0.25) is 0 Å². The van der Waals surface area contributed by atoms with Crippen LogP contribution >= 0.6 is 12.2 Å². The lowest BCUT2D eigenvalue weighted by Gasteiger charge is -2.05. The van der Waals surface area contributed by atoms with Crippen molar-refractivity contribution < 1.29 is 8.78 Å². The highest BCUT2D eigenvalue weighted by molar-refractivity contribution is 7.78. The molecule has 1 nitrogen and oxygen atoms in total. The molecule has 0 aliphatic carbocycles. The quantitative estimate of drug-likeness (QED) is 0.296. The Hall–Kier alpha value is -3.12. The van der Waals surface area contributed by atoms with Crippen LogP contribution in [0.4, 0.5) is 14.5 Å². The third-order valence-electron chi connectivity index (χ3n) is 4.11. The zero-order chi connectivity index (χ0) is 19.2. The molecule has 0 bridgehead atoms. The van der Waals surface area contributed by atoms with Crippen molar-refractivity contribution in [1.82, 2.24) is 0 Å². The van der Waals surface area contributed by atoms with E-state index < -0.39 is 11.6 Å². The van der Waals surface area contributed by atoms with Gasteiger partial charge in [-0.05, 0) is 60.1 Å². The van der Waals surface area contributed by atoms with E-state index in [9.17, 15) is 8.78 Å². The number of halogens is 2. The summed E-state index contributed by atoms with van der Waals surface area (Å²) in [7, 11) is 0. The molecule has 0 saturated carbocycles. The number of isothiocyanates is 1. The Morgan fingerprint density at radius 3 is 2.00 bits per heavy atom. The number of nitrogens with zero attached hydrogens (tertiary/aromatic N) is 1. The normalized spacial score (nSPS) is 9.89. The molecule has 27 heavy (non-hydrogen) atoms. The van der Waals surface area contributed by atoms with Gasteiger partial charge < -0.3 is 0 Å². The lowest BCUT2D eigenvalue weighted by atomic mass is 10.0. The van der Waals surface area contributed by atoms with Crippen LogP contribution in [0.5, 0.6) is 0 Å². The Morgan fingerprint density at radius 1 is 0.852 bits per heavy atom. The average molecular weight is 375 g/mol. The molecular formula is C23H15F2NS. The highest BCUT2D eigenvalue weighted by Gasteiger charge is 2.11. The number of thiocarbonyl (C=S) groups is 1. The van der Waals surface area contributed by atoms with E-state index in [0.29, 0.717) is 5.56 Å². The molecule has 0 aliphatic heterocycles. The Labute approximate surface area is 162 Å². The van der Waals surface area contributed by atoms with Crippen molar-refractivity contribution in [3.63, 3.8) is 0 Å². The summed E-state index contributed by atoms with van der Waals surface area (Å²) in [6.07, 6.45) is 0.991. The summed E-state index contributed by atoms with van der Waals surface area (Å²) in [5, 5.41) is 2.04. The maximum atomic E-state index is 14.3. The molecule has 0 spiro atoms. The summed E-state index contributed by atoms with van der Waals surface area (Å²) >= 11 is 4.43. The molecule has 0 aliphatic rings. The van der Waals surface area contributed by atoms with Gasteiger partial charge in [-0.25, -0.2) is 8.78 Å². The minimum atomic E-state index is -0.650. The number of aliphatic imine (C=N–C) groups is 1. The minimum absolute atomic E-state index is 0.158. The standard InChI is InChI=1S/C23H15F2NS/c1-2-16-3-5-17(6-4-16)7-8-18-9-11-19(12-10-18)20-13-22(25)23(26-15-27)14-21(20)24/h3-6,9-14H,2H2,1H3. The van der Waals surface area contributed by atoms with Crippen LogP contribution in [0.1, 0.15) is 23.6 Å².